The van der Waals surface area contributed by atoms with Crippen LogP contribution >= 0.6 is 0 Å². The van der Waals surface area contributed by atoms with Crippen LogP contribution in [0, 0.1) is 0 Å². The van der Waals surface area contributed by atoms with Gasteiger partial charge in [0.05, 0.1) is 10.5 Å². The van der Waals surface area contributed by atoms with Crippen LogP contribution in [0.3, 0.4) is 0 Å². The van der Waals surface area contributed by atoms with E-state index >= 15 is 0 Å². The quantitative estimate of drug-likeness (QED) is 0.736. The maximum Gasteiger partial charge on any atom is 0.338 e. The molecule has 26 heavy (non-hydrogen) atoms. The second kappa shape index (κ2) is 7.98. The molecule has 0 aliphatic rings. The monoisotopic (exact) mass is 378 g/mol. The first-order valence-corrected chi connectivity index (χ1v) is 8.93. The molecule has 0 bridgehead atoms. The van der Waals surface area contributed by atoms with Crippen molar-refractivity contribution < 1.29 is 27.9 Å². The van der Waals surface area contributed by atoms with Gasteiger partial charge in [-0.25, -0.2) is 17.5 Å². The van der Waals surface area contributed by atoms with Gasteiger partial charge in [0, 0.05) is 19.8 Å². The summed E-state index contributed by atoms with van der Waals surface area (Å²) >= 11 is 0. The third kappa shape index (κ3) is 4.80. The third-order valence-corrected chi connectivity index (χ3v) is 5.16. The summed E-state index contributed by atoms with van der Waals surface area (Å²) < 4.78 is 29.9. The van der Waals surface area contributed by atoms with Gasteiger partial charge in [0.25, 0.3) is 5.91 Å². The molecule has 0 atom stereocenters. The second-order valence-electron chi connectivity index (χ2n) is 5.49. The maximum absolute atomic E-state index is 12.0. The SMILES string of the molecule is CN(C)S(=O)(=O)c1ccc(NC(=O)COC(=O)c2cccc(O)c2)cc1. The fourth-order valence-electron chi connectivity index (χ4n) is 1.97. The van der Waals surface area contributed by atoms with E-state index in [1.165, 1.54) is 62.6 Å². The van der Waals surface area contributed by atoms with Crippen molar-refractivity contribution >= 4 is 27.6 Å². The summed E-state index contributed by atoms with van der Waals surface area (Å²) in [6.45, 7) is -0.522. The molecule has 0 saturated carbocycles. The molecule has 0 fully saturated rings. The summed E-state index contributed by atoms with van der Waals surface area (Å²) in [5, 5.41) is 11.8. The number of phenolic OH excluding ortho intramolecular Hbond substituents is 1. The van der Waals surface area contributed by atoms with Crippen molar-refractivity contribution in [2.75, 3.05) is 26.0 Å². The van der Waals surface area contributed by atoms with Crippen LogP contribution in [0.15, 0.2) is 53.4 Å². The van der Waals surface area contributed by atoms with Gasteiger partial charge in [-0.15, -0.1) is 0 Å². The molecule has 0 aliphatic heterocycles. The average Bonchev–Trinajstić information content (AvgIpc) is 2.60. The molecule has 2 aromatic carbocycles. The Bertz CT molecular complexity index is 907. The average molecular weight is 378 g/mol. The number of nitrogens with zero attached hydrogens (tertiary/aromatic N) is 1. The smallest absolute Gasteiger partial charge is 0.338 e. The lowest BCUT2D eigenvalue weighted by Gasteiger charge is -2.12. The standard InChI is InChI=1S/C17H18N2O6S/c1-19(2)26(23,24)15-8-6-13(7-9-15)18-16(21)11-25-17(22)12-4-3-5-14(20)10-12/h3-10,20H,11H2,1-2H3,(H,18,21). The summed E-state index contributed by atoms with van der Waals surface area (Å²) in [6.07, 6.45) is 0. The van der Waals surface area contributed by atoms with E-state index in [1.807, 2.05) is 0 Å². The first-order valence-electron chi connectivity index (χ1n) is 7.49. The van der Waals surface area contributed by atoms with E-state index in [2.05, 4.69) is 5.32 Å². The van der Waals surface area contributed by atoms with Crippen LogP contribution in [0.5, 0.6) is 5.75 Å². The molecule has 0 aromatic heterocycles. The lowest BCUT2D eigenvalue weighted by molar-refractivity contribution is -0.119. The maximum atomic E-state index is 12.0. The highest BCUT2D eigenvalue weighted by atomic mass is 32.2. The molecular weight excluding hydrogens is 360 g/mol. The number of benzene rings is 2. The normalized spacial score (nSPS) is 11.2. The van der Waals surface area contributed by atoms with Crippen molar-refractivity contribution in [3.63, 3.8) is 0 Å². The Hall–Kier alpha value is -2.91. The van der Waals surface area contributed by atoms with Gasteiger partial charge in [-0.3, -0.25) is 4.79 Å². The molecule has 1 amide bonds. The lowest BCUT2D eigenvalue weighted by Crippen LogP contribution is -2.22. The molecule has 0 unspecified atom stereocenters. The Morgan fingerprint density at radius 2 is 1.77 bits per heavy atom. The summed E-state index contributed by atoms with van der Waals surface area (Å²) in [6, 6.07) is 11.2. The number of hydrogen-bond acceptors (Lipinski definition) is 6. The van der Waals surface area contributed by atoms with Crippen molar-refractivity contribution in [1.29, 1.82) is 0 Å². The molecule has 138 valence electrons. The summed E-state index contributed by atoms with van der Waals surface area (Å²) in [7, 11) is -0.702. The number of carbonyl (C=O) groups is 2. The van der Waals surface area contributed by atoms with E-state index in [-0.39, 0.29) is 16.2 Å². The number of ether oxygens (including phenoxy) is 1. The number of carbonyl (C=O) groups excluding carboxylic acids is 2. The number of anilines is 1. The van der Waals surface area contributed by atoms with Crippen LogP contribution in [0.2, 0.25) is 0 Å². The number of hydrogen-bond donors (Lipinski definition) is 2. The number of phenols is 1. The minimum absolute atomic E-state index is 0.0864. The molecule has 8 nitrogen and oxygen atoms in total. The second-order valence-corrected chi connectivity index (χ2v) is 7.64. The lowest BCUT2D eigenvalue weighted by atomic mass is 10.2. The van der Waals surface area contributed by atoms with Gasteiger partial charge < -0.3 is 15.2 Å². The number of rotatable bonds is 6. The number of esters is 1. The molecular formula is C17H18N2O6S. The zero-order valence-corrected chi connectivity index (χ0v) is 15.0. The molecule has 2 rings (SSSR count). The van der Waals surface area contributed by atoms with E-state index in [0.29, 0.717) is 5.69 Å². The predicted molar refractivity (Wildman–Crippen MR) is 94.3 cm³/mol. The van der Waals surface area contributed by atoms with E-state index in [0.717, 1.165) is 4.31 Å². The molecule has 0 aliphatic carbocycles. The fourth-order valence-corrected chi connectivity index (χ4v) is 2.87. The molecule has 0 radical (unpaired) electrons. The van der Waals surface area contributed by atoms with Crippen LogP contribution in [0.25, 0.3) is 0 Å². The van der Waals surface area contributed by atoms with Gasteiger partial charge in [0.1, 0.15) is 5.75 Å². The van der Waals surface area contributed by atoms with Gasteiger partial charge in [-0.2, -0.15) is 0 Å². The molecule has 9 heteroatoms. The summed E-state index contributed by atoms with van der Waals surface area (Å²) in [5.74, 6) is -1.41. The Kier molecular flexibility index (Phi) is 5.96. The Morgan fingerprint density at radius 1 is 1.12 bits per heavy atom. The first kappa shape index (κ1) is 19.4. The van der Waals surface area contributed by atoms with Gasteiger partial charge in [0.15, 0.2) is 6.61 Å². The minimum atomic E-state index is -3.55. The molecule has 2 aromatic rings. The zero-order chi connectivity index (χ0) is 19.3. The van der Waals surface area contributed by atoms with Crippen molar-refractivity contribution in [3.8, 4) is 5.75 Å². The minimum Gasteiger partial charge on any atom is -0.508 e. The number of aromatic hydroxyl groups is 1. The van der Waals surface area contributed by atoms with Crippen LogP contribution in [-0.2, 0) is 19.6 Å². The van der Waals surface area contributed by atoms with Crippen LogP contribution in [-0.4, -0.2) is 50.4 Å². The van der Waals surface area contributed by atoms with Crippen molar-refractivity contribution in [1.82, 2.24) is 4.31 Å². The van der Waals surface area contributed by atoms with Crippen molar-refractivity contribution in [2.45, 2.75) is 4.90 Å². The van der Waals surface area contributed by atoms with E-state index in [9.17, 15) is 23.1 Å². The largest absolute Gasteiger partial charge is 0.508 e. The topological polar surface area (TPSA) is 113 Å². The summed E-state index contributed by atoms with van der Waals surface area (Å²) in [5.41, 5.74) is 0.483. The highest BCUT2D eigenvalue weighted by Gasteiger charge is 2.17. The Labute approximate surface area is 151 Å². The molecule has 0 heterocycles. The van der Waals surface area contributed by atoms with Gasteiger partial charge in [0.2, 0.25) is 10.0 Å². The van der Waals surface area contributed by atoms with Gasteiger partial charge in [-0.1, -0.05) is 6.07 Å². The highest BCUT2D eigenvalue weighted by molar-refractivity contribution is 7.89. The molecule has 0 saturated heterocycles. The predicted octanol–water partition coefficient (Wildman–Crippen LogP) is 1.44. The Morgan fingerprint density at radius 3 is 2.35 bits per heavy atom. The number of amides is 1. The van der Waals surface area contributed by atoms with E-state index < -0.39 is 28.5 Å². The third-order valence-electron chi connectivity index (χ3n) is 3.33. The zero-order valence-electron chi connectivity index (χ0n) is 14.2. The number of sulfonamides is 1. The van der Waals surface area contributed by atoms with Crippen molar-refractivity contribution in [2.24, 2.45) is 0 Å². The Balaban J connectivity index is 1.93. The first-order chi connectivity index (χ1) is 12.2. The van der Waals surface area contributed by atoms with Crippen molar-refractivity contribution in [3.05, 3.63) is 54.1 Å². The molecule has 0 spiro atoms. The van der Waals surface area contributed by atoms with E-state index in [1.54, 1.807) is 0 Å². The molecule has 2 N–H and O–H groups in total. The van der Waals surface area contributed by atoms with Crippen LogP contribution in [0.1, 0.15) is 10.4 Å². The summed E-state index contributed by atoms with van der Waals surface area (Å²) in [4.78, 5) is 23.7. The number of nitrogens with one attached hydrogen (secondary N) is 1. The van der Waals surface area contributed by atoms with Crippen LogP contribution in [0.4, 0.5) is 5.69 Å². The van der Waals surface area contributed by atoms with Crippen LogP contribution < -0.4 is 5.32 Å². The van der Waals surface area contributed by atoms with E-state index in [4.69, 9.17) is 4.74 Å². The van der Waals surface area contributed by atoms with Gasteiger partial charge >= 0.3 is 5.97 Å². The fraction of sp³-hybridized carbons (Fsp3) is 0.176. The highest BCUT2D eigenvalue weighted by Crippen LogP contribution is 2.16. The van der Waals surface area contributed by atoms with Gasteiger partial charge in [-0.05, 0) is 42.5 Å².